The van der Waals surface area contributed by atoms with Crippen molar-refractivity contribution in [3.8, 4) is 5.75 Å². The maximum atomic E-state index is 12.2. The number of imidazole rings is 1. The van der Waals surface area contributed by atoms with Gasteiger partial charge in [-0.25, -0.2) is 4.98 Å². The molecule has 0 unspecified atom stereocenters. The van der Waals surface area contributed by atoms with E-state index in [0.29, 0.717) is 29.4 Å². The molecule has 1 aromatic carbocycles. The third-order valence-electron chi connectivity index (χ3n) is 2.60. The van der Waals surface area contributed by atoms with Crippen molar-refractivity contribution in [2.24, 2.45) is 7.05 Å². The van der Waals surface area contributed by atoms with Gasteiger partial charge in [-0.2, -0.15) is 0 Å². The Bertz CT molecular complexity index is 575. The van der Waals surface area contributed by atoms with Crippen LogP contribution in [-0.2, 0) is 7.05 Å². The summed E-state index contributed by atoms with van der Waals surface area (Å²) in [7, 11) is 1.78. The van der Waals surface area contributed by atoms with Crippen LogP contribution in [0.5, 0.6) is 5.75 Å². The van der Waals surface area contributed by atoms with Gasteiger partial charge in [0.1, 0.15) is 5.75 Å². The van der Waals surface area contributed by atoms with Gasteiger partial charge in [-0.3, -0.25) is 4.79 Å². The van der Waals surface area contributed by atoms with Crippen LogP contribution in [-0.4, -0.2) is 21.9 Å². The fraction of sp³-hybridized carbons (Fsp3) is 0.231. The van der Waals surface area contributed by atoms with E-state index in [0.717, 1.165) is 0 Å². The highest BCUT2D eigenvalue weighted by molar-refractivity contribution is 6.07. The Morgan fingerprint density at radius 2 is 2.28 bits per heavy atom. The van der Waals surface area contributed by atoms with Gasteiger partial charge < -0.3 is 15.0 Å². The molecule has 0 bridgehead atoms. The number of nitrogens with zero attached hydrogens (tertiary/aromatic N) is 2. The minimum atomic E-state index is -0.155. The van der Waals surface area contributed by atoms with E-state index in [9.17, 15) is 4.79 Å². The summed E-state index contributed by atoms with van der Waals surface area (Å²) in [5.74, 6) is 0.824. The summed E-state index contributed by atoms with van der Waals surface area (Å²) < 4.78 is 7.00. The molecule has 18 heavy (non-hydrogen) atoms. The zero-order chi connectivity index (χ0) is 13.1. The van der Waals surface area contributed by atoms with Crippen molar-refractivity contribution in [3.05, 3.63) is 42.0 Å². The minimum Gasteiger partial charge on any atom is -0.492 e. The monoisotopic (exact) mass is 245 g/mol. The van der Waals surface area contributed by atoms with E-state index in [-0.39, 0.29) is 5.78 Å². The number of hydrogen-bond donors (Lipinski definition) is 1. The summed E-state index contributed by atoms with van der Waals surface area (Å²) in [4.78, 5) is 16.2. The summed E-state index contributed by atoms with van der Waals surface area (Å²) in [6.45, 7) is 2.42. The van der Waals surface area contributed by atoms with Crippen LogP contribution >= 0.6 is 0 Å². The zero-order valence-electron chi connectivity index (χ0n) is 10.4. The highest BCUT2D eigenvalue weighted by Gasteiger charge is 2.14. The minimum absolute atomic E-state index is 0.155. The molecule has 2 N–H and O–H groups in total. The number of ketones is 1. The van der Waals surface area contributed by atoms with Gasteiger partial charge in [0.15, 0.2) is 5.82 Å². The van der Waals surface area contributed by atoms with E-state index in [1.165, 1.54) is 0 Å². The molecular formula is C13H15N3O2. The van der Waals surface area contributed by atoms with Crippen molar-refractivity contribution in [1.29, 1.82) is 0 Å². The first-order valence-corrected chi connectivity index (χ1v) is 5.67. The van der Waals surface area contributed by atoms with Gasteiger partial charge in [-0.05, 0) is 25.1 Å². The van der Waals surface area contributed by atoms with Crippen LogP contribution in [0.2, 0.25) is 0 Å². The van der Waals surface area contributed by atoms with Crippen molar-refractivity contribution < 1.29 is 9.53 Å². The van der Waals surface area contributed by atoms with Gasteiger partial charge in [0, 0.05) is 25.0 Å². The maximum Gasteiger partial charge on any atom is 0.228 e. The molecule has 0 fully saturated rings. The molecule has 0 atom stereocenters. The highest BCUT2D eigenvalue weighted by atomic mass is 16.5. The van der Waals surface area contributed by atoms with Crippen LogP contribution < -0.4 is 10.5 Å². The van der Waals surface area contributed by atoms with Crippen LogP contribution in [0.25, 0.3) is 0 Å². The topological polar surface area (TPSA) is 70.1 Å². The maximum absolute atomic E-state index is 12.2. The lowest BCUT2D eigenvalue weighted by Gasteiger charge is -2.08. The summed E-state index contributed by atoms with van der Waals surface area (Å²) in [6, 6.07) is 5.01. The van der Waals surface area contributed by atoms with E-state index < -0.39 is 0 Å². The largest absolute Gasteiger partial charge is 0.492 e. The zero-order valence-corrected chi connectivity index (χ0v) is 10.4. The summed E-state index contributed by atoms with van der Waals surface area (Å²) >= 11 is 0. The number of benzene rings is 1. The van der Waals surface area contributed by atoms with Crippen molar-refractivity contribution in [1.82, 2.24) is 9.55 Å². The van der Waals surface area contributed by atoms with Crippen molar-refractivity contribution in [3.63, 3.8) is 0 Å². The summed E-state index contributed by atoms with van der Waals surface area (Å²) in [6.07, 6.45) is 3.32. The van der Waals surface area contributed by atoms with Crippen molar-refractivity contribution in [2.45, 2.75) is 6.92 Å². The number of anilines is 1. The molecule has 0 aliphatic carbocycles. The molecule has 0 saturated heterocycles. The number of hydrogen-bond acceptors (Lipinski definition) is 4. The smallest absolute Gasteiger partial charge is 0.228 e. The Morgan fingerprint density at radius 1 is 1.50 bits per heavy atom. The Labute approximate surface area is 105 Å². The van der Waals surface area contributed by atoms with E-state index in [4.69, 9.17) is 10.5 Å². The van der Waals surface area contributed by atoms with Crippen LogP contribution in [0.4, 0.5) is 5.69 Å². The second-order valence-corrected chi connectivity index (χ2v) is 3.88. The van der Waals surface area contributed by atoms with Crippen LogP contribution in [0.3, 0.4) is 0 Å². The second kappa shape index (κ2) is 4.91. The molecule has 0 radical (unpaired) electrons. The van der Waals surface area contributed by atoms with Crippen LogP contribution in [0, 0.1) is 0 Å². The molecule has 94 valence electrons. The quantitative estimate of drug-likeness (QED) is 0.656. The second-order valence-electron chi connectivity index (χ2n) is 3.88. The number of nitrogens with two attached hydrogens (primary N) is 1. The molecule has 2 aromatic rings. The summed E-state index contributed by atoms with van der Waals surface area (Å²) in [5.41, 5.74) is 6.79. The van der Waals surface area contributed by atoms with E-state index in [1.807, 2.05) is 6.92 Å². The number of ether oxygens (including phenoxy) is 1. The molecule has 0 spiro atoms. The van der Waals surface area contributed by atoms with Crippen molar-refractivity contribution in [2.75, 3.05) is 12.3 Å². The standard InChI is InChI=1S/C13H15N3O2/c1-3-18-11-5-4-9(8-10(11)14)12(17)13-15-6-7-16(13)2/h4-8H,3,14H2,1-2H3. The number of rotatable bonds is 4. The Kier molecular flexibility index (Phi) is 3.32. The van der Waals surface area contributed by atoms with Crippen LogP contribution in [0.1, 0.15) is 23.1 Å². The van der Waals surface area contributed by atoms with Gasteiger partial charge in [0.2, 0.25) is 5.78 Å². The average Bonchev–Trinajstić information content (AvgIpc) is 2.77. The van der Waals surface area contributed by atoms with Gasteiger partial charge in [0.05, 0.1) is 12.3 Å². The Balaban J connectivity index is 2.32. The number of nitrogen functional groups attached to an aromatic ring is 1. The third-order valence-corrected chi connectivity index (χ3v) is 2.60. The average molecular weight is 245 g/mol. The SMILES string of the molecule is CCOc1ccc(C(=O)c2nccn2C)cc1N. The molecule has 0 saturated carbocycles. The normalized spacial score (nSPS) is 10.3. The predicted octanol–water partition coefficient (Wildman–Crippen LogP) is 1.63. The molecule has 0 aliphatic rings. The van der Waals surface area contributed by atoms with E-state index >= 15 is 0 Å². The third kappa shape index (κ3) is 2.20. The lowest BCUT2D eigenvalue weighted by Crippen LogP contribution is -2.09. The molecule has 5 heteroatoms. The lowest BCUT2D eigenvalue weighted by atomic mass is 10.1. The molecule has 0 amide bonds. The Morgan fingerprint density at radius 3 is 2.83 bits per heavy atom. The first-order valence-electron chi connectivity index (χ1n) is 5.67. The highest BCUT2D eigenvalue weighted by Crippen LogP contribution is 2.23. The van der Waals surface area contributed by atoms with Crippen LogP contribution in [0.15, 0.2) is 30.6 Å². The number of carbonyl (C=O) groups excluding carboxylic acids is 1. The number of aryl methyl sites for hydroxylation is 1. The van der Waals surface area contributed by atoms with Crippen molar-refractivity contribution >= 4 is 11.5 Å². The fourth-order valence-corrected chi connectivity index (χ4v) is 1.69. The molecule has 0 aliphatic heterocycles. The Hall–Kier alpha value is -2.30. The predicted molar refractivity (Wildman–Crippen MR) is 68.7 cm³/mol. The number of aromatic nitrogens is 2. The lowest BCUT2D eigenvalue weighted by molar-refractivity contribution is 0.102. The molecule has 5 nitrogen and oxygen atoms in total. The van der Waals surface area contributed by atoms with Gasteiger partial charge in [0.25, 0.3) is 0 Å². The molecule has 1 heterocycles. The first-order chi connectivity index (χ1) is 8.63. The fourth-order valence-electron chi connectivity index (χ4n) is 1.69. The molecule has 1 aromatic heterocycles. The molecule has 2 rings (SSSR count). The number of carbonyl (C=O) groups is 1. The van der Waals surface area contributed by atoms with Gasteiger partial charge in [-0.1, -0.05) is 0 Å². The molecular weight excluding hydrogens is 230 g/mol. The van der Waals surface area contributed by atoms with Gasteiger partial charge in [-0.15, -0.1) is 0 Å². The van der Waals surface area contributed by atoms with E-state index in [1.54, 1.807) is 42.2 Å². The summed E-state index contributed by atoms with van der Waals surface area (Å²) in [5, 5.41) is 0. The van der Waals surface area contributed by atoms with Gasteiger partial charge >= 0.3 is 0 Å². The first kappa shape index (κ1) is 12.2. The van der Waals surface area contributed by atoms with E-state index in [2.05, 4.69) is 4.98 Å².